The van der Waals surface area contributed by atoms with Crippen LogP contribution in [-0.4, -0.2) is 23.8 Å². The Labute approximate surface area is 134 Å². The minimum absolute atomic E-state index is 0.216. The van der Waals surface area contributed by atoms with Gasteiger partial charge >= 0.3 is 5.97 Å². The monoisotopic (exact) mass is 320 g/mol. The second kappa shape index (κ2) is 7.71. The molecule has 1 N–H and O–H groups in total. The SMILES string of the molecule is CCOc1ccccc1C[C@@H](Oc1ccc(Cl)cc1)C(=O)O. The molecular weight excluding hydrogens is 304 g/mol. The number of hydrogen-bond acceptors (Lipinski definition) is 3. The van der Waals surface area contributed by atoms with Gasteiger partial charge in [0.2, 0.25) is 0 Å². The number of carbonyl (C=O) groups is 1. The molecule has 0 aliphatic carbocycles. The van der Waals surface area contributed by atoms with E-state index in [1.54, 1.807) is 24.3 Å². The summed E-state index contributed by atoms with van der Waals surface area (Å²) in [6.45, 7) is 2.41. The molecule has 2 aromatic carbocycles. The van der Waals surface area contributed by atoms with Crippen molar-refractivity contribution in [3.05, 3.63) is 59.1 Å². The molecule has 0 aromatic heterocycles. The molecule has 22 heavy (non-hydrogen) atoms. The predicted molar refractivity (Wildman–Crippen MR) is 84.8 cm³/mol. The van der Waals surface area contributed by atoms with E-state index in [1.165, 1.54) is 0 Å². The van der Waals surface area contributed by atoms with Crippen molar-refractivity contribution in [2.45, 2.75) is 19.4 Å². The van der Waals surface area contributed by atoms with Crippen LogP contribution in [0.1, 0.15) is 12.5 Å². The number of hydrogen-bond donors (Lipinski definition) is 1. The molecule has 0 fully saturated rings. The van der Waals surface area contributed by atoms with Crippen molar-refractivity contribution in [2.75, 3.05) is 6.61 Å². The lowest BCUT2D eigenvalue weighted by Crippen LogP contribution is -2.29. The second-order valence-electron chi connectivity index (χ2n) is 4.64. The molecule has 0 aliphatic heterocycles. The average molecular weight is 321 g/mol. The molecule has 0 unspecified atom stereocenters. The van der Waals surface area contributed by atoms with Gasteiger partial charge in [-0.3, -0.25) is 0 Å². The van der Waals surface area contributed by atoms with Crippen molar-refractivity contribution in [3.63, 3.8) is 0 Å². The molecule has 5 heteroatoms. The van der Waals surface area contributed by atoms with Crippen LogP contribution in [0.5, 0.6) is 11.5 Å². The third-order valence-corrected chi connectivity index (χ3v) is 3.30. The fraction of sp³-hybridized carbons (Fsp3) is 0.235. The van der Waals surface area contributed by atoms with Gasteiger partial charge in [-0.2, -0.15) is 0 Å². The average Bonchev–Trinajstić information content (AvgIpc) is 2.50. The van der Waals surface area contributed by atoms with Crippen LogP contribution in [0.3, 0.4) is 0 Å². The highest BCUT2D eigenvalue weighted by atomic mass is 35.5. The Morgan fingerprint density at radius 2 is 1.86 bits per heavy atom. The molecule has 116 valence electrons. The summed E-state index contributed by atoms with van der Waals surface area (Å²) in [6.07, 6.45) is -0.781. The van der Waals surface area contributed by atoms with Gasteiger partial charge in [-0.25, -0.2) is 4.79 Å². The smallest absolute Gasteiger partial charge is 0.345 e. The molecule has 1 atom stereocenters. The van der Waals surface area contributed by atoms with E-state index in [-0.39, 0.29) is 6.42 Å². The van der Waals surface area contributed by atoms with Crippen LogP contribution >= 0.6 is 11.6 Å². The first-order valence-electron chi connectivity index (χ1n) is 6.96. The van der Waals surface area contributed by atoms with Crippen LogP contribution in [0.15, 0.2) is 48.5 Å². The molecule has 0 saturated carbocycles. The van der Waals surface area contributed by atoms with E-state index in [0.717, 1.165) is 5.56 Å². The van der Waals surface area contributed by atoms with E-state index in [2.05, 4.69) is 0 Å². The summed E-state index contributed by atoms with van der Waals surface area (Å²) >= 11 is 5.81. The topological polar surface area (TPSA) is 55.8 Å². The Balaban J connectivity index is 2.15. The first kappa shape index (κ1) is 16.2. The van der Waals surface area contributed by atoms with Crippen molar-refractivity contribution in [3.8, 4) is 11.5 Å². The van der Waals surface area contributed by atoms with Gasteiger partial charge in [0, 0.05) is 11.4 Å². The lowest BCUT2D eigenvalue weighted by atomic mass is 10.1. The van der Waals surface area contributed by atoms with Crippen LogP contribution in [0.2, 0.25) is 5.02 Å². The van der Waals surface area contributed by atoms with Crippen LogP contribution in [0.25, 0.3) is 0 Å². The van der Waals surface area contributed by atoms with E-state index in [1.807, 2.05) is 31.2 Å². The summed E-state index contributed by atoms with van der Waals surface area (Å²) in [5.74, 6) is 0.114. The zero-order chi connectivity index (χ0) is 15.9. The quantitative estimate of drug-likeness (QED) is 0.842. The standard InChI is InChI=1S/C17H17ClO4/c1-2-21-15-6-4-3-5-12(15)11-16(17(19)20)22-14-9-7-13(18)8-10-14/h3-10,16H,2,11H2,1H3,(H,19,20)/t16-/m1/s1. The zero-order valence-electron chi connectivity index (χ0n) is 12.2. The van der Waals surface area contributed by atoms with Crippen LogP contribution in [0.4, 0.5) is 0 Å². The summed E-state index contributed by atoms with van der Waals surface area (Å²) in [6, 6.07) is 14.0. The molecule has 0 heterocycles. The minimum Gasteiger partial charge on any atom is -0.494 e. The maximum atomic E-state index is 11.5. The van der Waals surface area contributed by atoms with E-state index in [9.17, 15) is 9.90 Å². The highest BCUT2D eigenvalue weighted by molar-refractivity contribution is 6.30. The van der Waals surface area contributed by atoms with Gasteiger partial charge in [0.15, 0.2) is 6.10 Å². The molecule has 0 bridgehead atoms. The van der Waals surface area contributed by atoms with E-state index in [4.69, 9.17) is 21.1 Å². The predicted octanol–water partition coefficient (Wildman–Crippen LogP) is 3.81. The molecule has 0 aliphatic rings. The van der Waals surface area contributed by atoms with Gasteiger partial charge in [0.1, 0.15) is 11.5 Å². The first-order valence-corrected chi connectivity index (χ1v) is 7.33. The van der Waals surface area contributed by atoms with Crippen molar-refractivity contribution >= 4 is 17.6 Å². The van der Waals surface area contributed by atoms with Crippen LogP contribution in [0, 0.1) is 0 Å². The summed E-state index contributed by atoms with van der Waals surface area (Å²) in [7, 11) is 0. The Bertz CT molecular complexity index is 625. The summed E-state index contributed by atoms with van der Waals surface area (Å²) in [4.78, 5) is 11.5. The molecule has 0 radical (unpaired) electrons. The number of para-hydroxylation sites is 1. The lowest BCUT2D eigenvalue weighted by Gasteiger charge is -2.17. The maximum Gasteiger partial charge on any atom is 0.345 e. The van der Waals surface area contributed by atoms with Gasteiger partial charge in [-0.05, 0) is 42.8 Å². The Hall–Kier alpha value is -2.20. The highest BCUT2D eigenvalue weighted by Gasteiger charge is 2.21. The van der Waals surface area contributed by atoms with Crippen molar-refractivity contribution < 1.29 is 19.4 Å². The van der Waals surface area contributed by atoms with Crippen LogP contribution < -0.4 is 9.47 Å². The van der Waals surface area contributed by atoms with Crippen LogP contribution in [-0.2, 0) is 11.2 Å². The van der Waals surface area contributed by atoms with Gasteiger partial charge < -0.3 is 14.6 Å². The Morgan fingerprint density at radius 3 is 2.50 bits per heavy atom. The highest BCUT2D eigenvalue weighted by Crippen LogP contribution is 2.22. The Kier molecular flexibility index (Phi) is 5.67. The summed E-state index contributed by atoms with van der Waals surface area (Å²) in [5.41, 5.74) is 0.797. The summed E-state index contributed by atoms with van der Waals surface area (Å²) in [5, 5.41) is 9.95. The van der Waals surface area contributed by atoms with Gasteiger partial charge in [0.05, 0.1) is 6.61 Å². The van der Waals surface area contributed by atoms with Gasteiger partial charge in [-0.15, -0.1) is 0 Å². The maximum absolute atomic E-state index is 11.5. The van der Waals surface area contributed by atoms with Gasteiger partial charge in [0.25, 0.3) is 0 Å². The number of aliphatic carboxylic acids is 1. The fourth-order valence-corrected chi connectivity index (χ4v) is 2.15. The van der Waals surface area contributed by atoms with E-state index < -0.39 is 12.1 Å². The Morgan fingerprint density at radius 1 is 1.18 bits per heavy atom. The largest absolute Gasteiger partial charge is 0.494 e. The molecule has 0 spiro atoms. The van der Waals surface area contributed by atoms with E-state index in [0.29, 0.717) is 23.1 Å². The van der Waals surface area contributed by atoms with E-state index >= 15 is 0 Å². The number of ether oxygens (including phenoxy) is 2. The second-order valence-corrected chi connectivity index (χ2v) is 5.08. The molecule has 4 nitrogen and oxygen atoms in total. The molecular formula is C17H17ClO4. The number of carboxylic acids is 1. The number of carboxylic acid groups (broad SMARTS) is 1. The normalized spacial score (nSPS) is 11.7. The van der Waals surface area contributed by atoms with Crippen molar-refractivity contribution in [2.24, 2.45) is 0 Å². The third-order valence-electron chi connectivity index (χ3n) is 3.05. The molecule has 2 rings (SSSR count). The third kappa shape index (κ3) is 4.40. The number of halogens is 1. The summed E-state index contributed by atoms with van der Waals surface area (Å²) < 4.78 is 11.1. The minimum atomic E-state index is -1.03. The number of rotatable bonds is 7. The molecule has 2 aromatic rings. The first-order chi connectivity index (χ1) is 10.6. The lowest BCUT2D eigenvalue weighted by molar-refractivity contribution is -0.145. The number of benzene rings is 2. The van der Waals surface area contributed by atoms with Gasteiger partial charge in [-0.1, -0.05) is 29.8 Å². The zero-order valence-corrected chi connectivity index (χ0v) is 12.9. The van der Waals surface area contributed by atoms with Crippen molar-refractivity contribution in [1.82, 2.24) is 0 Å². The van der Waals surface area contributed by atoms with Crippen molar-refractivity contribution in [1.29, 1.82) is 0 Å². The molecule has 0 saturated heterocycles. The fourth-order valence-electron chi connectivity index (χ4n) is 2.03. The molecule has 0 amide bonds.